The van der Waals surface area contributed by atoms with Crippen LogP contribution in [0, 0.1) is 13.8 Å². The molecule has 3 heteroatoms. The van der Waals surface area contributed by atoms with Gasteiger partial charge in [-0.2, -0.15) is 0 Å². The molecule has 2 nitrogen and oxygen atoms in total. The number of rotatable bonds is 7. The van der Waals surface area contributed by atoms with Crippen molar-refractivity contribution in [3.63, 3.8) is 0 Å². The first kappa shape index (κ1) is 13.7. The summed E-state index contributed by atoms with van der Waals surface area (Å²) in [6.45, 7) is 11.2. The number of nitrogens with one attached hydrogen (secondary N) is 1. The molecule has 0 saturated heterocycles. The van der Waals surface area contributed by atoms with E-state index in [0.717, 1.165) is 26.2 Å². The monoisotopic (exact) mass is 241 g/mol. The Morgan fingerprint density at radius 2 is 2.06 bits per heavy atom. The highest BCUT2D eigenvalue weighted by molar-refractivity contribution is 7.12. The first-order valence-electron chi connectivity index (χ1n) is 5.96. The predicted octanol–water partition coefficient (Wildman–Crippen LogP) is 2.92. The molecule has 0 aliphatic carbocycles. The third-order valence-corrected chi connectivity index (χ3v) is 3.63. The van der Waals surface area contributed by atoms with E-state index in [-0.39, 0.29) is 0 Å². The van der Waals surface area contributed by atoms with Crippen molar-refractivity contribution in [1.82, 2.24) is 5.32 Å². The van der Waals surface area contributed by atoms with Crippen LogP contribution in [0.4, 0.5) is 0 Å². The van der Waals surface area contributed by atoms with E-state index in [9.17, 15) is 0 Å². The zero-order valence-electron chi connectivity index (χ0n) is 10.8. The molecule has 0 bridgehead atoms. The molecule has 0 aliphatic rings. The van der Waals surface area contributed by atoms with Gasteiger partial charge in [-0.05, 0) is 25.5 Å². The Morgan fingerprint density at radius 3 is 2.62 bits per heavy atom. The molecule has 0 saturated carbocycles. The molecule has 1 aromatic heterocycles. The van der Waals surface area contributed by atoms with Gasteiger partial charge in [-0.3, -0.25) is 0 Å². The standard InChI is InChI=1S/C13H23NOS/c1-10(2)14-6-8-15-7-5-13-11(3)9-12(4)16-13/h9-10,14H,5-8H2,1-4H3. The van der Waals surface area contributed by atoms with E-state index in [4.69, 9.17) is 4.74 Å². The summed E-state index contributed by atoms with van der Waals surface area (Å²) < 4.78 is 5.60. The van der Waals surface area contributed by atoms with E-state index in [1.807, 2.05) is 11.3 Å². The van der Waals surface area contributed by atoms with Gasteiger partial charge in [0.2, 0.25) is 0 Å². The Bertz CT molecular complexity index is 307. The highest BCUT2D eigenvalue weighted by Gasteiger charge is 2.02. The fourth-order valence-corrected chi connectivity index (χ4v) is 2.65. The maximum absolute atomic E-state index is 5.60. The van der Waals surface area contributed by atoms with Crippen LogP contribution in [0.15, 0.2) is 6.07 Å². The van der Waals surface area contributed by atoms with E-state index in [0.29, 0.717) is 6.04 Å². The molecule has 1 heterocycles. The molecular formula is C13H23NOS. The van der Waals surface area contributed by atoms with Crippen LogP contribution in [-0.4, -0.2) is 25.8 Å². The molecule has 0 atom stereocenters. The summed E-state index contributed by atoms with van der Waals surface area (Å²) in [7, 11) is 0. The third-order valence-electron chi connectivity index (χ3n) is 2.42. The Kier molecular flexibility index (Phi) is 6.03. The molecule has 92 valence electrons. The van der Waals surface area contributed by atoms with Crippen LogP contribution in [0.25, 0.3) is 0 Å². The number of hydrogen-bond donors (Lipinski definition) is 1. The second-order valence-electron chi connectivity index (χ2n) is 4.43. The van der Waals surface area contributed by atoms with Crippen molar-refractivity contribution in [3.8, 4) is 0 Å². The van der Waals surface area contributed by atoms with Crippen LogP contribution in [0.1, 0.15) is 29.2 Å². The summed E-state index contributed by atoms with van der Waals surface area (Å²) in [5.41, 5.74) is 1.41. The minimum Gasteiger partial charge on any atom is -0.380 e. The SMILES string of the molecule is Cc1cc(C)c(CCOCCNC(C)C)s1. The van der Waals surface area contributed by atoms with E-state index >= 15 is 0 Å². The molecule has 1 N–H and O–H groups in total. The molecule has 0 aromatic carbocycles. The van der Waals surface area contributed by atoms with Crippen LogP contribution < -0.4 is 5.32 Å². The maximum Gasteiger partial charge on any atom is 0.0591 e. The second-order valence-corrected chi connectivity index (χ2v) is 5.78. The lowest BCUT2D eigenvalue weighted by atomic mass is 10.2. The molecule has 1 rings (SSSR count). The van der Waals surface area contributed by atoms with Gasteiger partial charge in [0.1, 0.15) is 0 Å². The van der Waals surface area contributed by atoms with Crippen molar-refractivity contribution in [2.75, 3.05) is 19.8 Å². The largest absolute Gasteiger partial charge is 0.380 e. The Morgan fingerprint density at radius 1 is 1.31 bits per heavy atom. The van der Waals surface area contributed by atoms with Gasteiger partial charge < -0.3 is 10.1 Å². The molecule has 1 aromatic rings. The smallest absolute Gasteiger partial charge is 0.0591 e. The van der Waals surface area contributed by atoms with Crippen molar-refractivity contribution in [1.29, 1.82) is 0 Å². The lowest BCUT2D eigenvalue weighted by Crippen LogP contribution is -2.26. The van der Waals surface area contributed by atoms with Gasteiger partial charge in [-0.1, -0.05) is 13.8 Å². The first-order chi connectivity index (χ1) is 7.59. The highest BCUT2D eigenvalue weighted by atomic mass is 32.1. The lowest BCUT2D eigenvalue weighted by molar-refractivity contribution is 0.138. The zero-order chi connectivity index (χ0) is 12.0. The summed E-state index contributed by atoms with van der Waals surface area (Å²) in [5.74, 6) is 0. The molecule has 0 amide bonds. The zero-order valence-corrected chi connectivity index (χ0v) is 11.6. The van der Waals surface area contributed by atoms with Gasteiger partial charge in [-0.25, -0.2) is 0 Å². The van der Waals surface area contributed by atoms with Crippen LogP contribution in [-0.2, 0) is 11.2 Å². The summed E-state index contributed by atoms with van der Waals surface area (Å²) in [4.78, 5) is 2.86. The topological polar surface area (TPSA) is 21.3 Å². The van der Waals surface area contributed by atoms with E-state index < -0.39 is 0 Å². The van der Waals surface area contributed by atoms with Crippen molar-refractivity contribution < 1.29 is 4.74 Å². The maximum atomic E-state index is 5.60. The van der Waals surface area contributed by atoms with Gasteiger partial charge in [-0.15, -0.1) is 11.3 Å². The van der Waals surface area contributed by atoms with Gasteiger partial charge >= 0.3 is 0 Å². The molecule has 0 fully saturated rings. The summed E-state index contributed by atoms with van der Waals surface area (Å²) >= 11 is 1.89. The second kappa shape index (κ2) is 7.05. The van der Waals surface area contributed by atoms with Crippen molar-refractivity contribution in [2.24, 2.45) is 0 Å². The van der Waals surface area contributed by atoms with Crippen molar-refractivity contribution in [3.05, 3.63) is 21.4 Å². The molecular weight excluding hydrogens is 218 g/mol. The summed E-state index contributed by atoms with van der Waals surface area (Å²) in [6.07, 6.45) is 1.05. The average Bonchev–Trinajstić information content (AvgIpc) is 2.50. The fraction of sp³-hybridized carbons (Fsp3) is 0.692. The first-order valence-corrected chi connectivity index (χ1v) is 6.78. The van der Waals surface area contributed by atoms with Crippen molar-refractivity contribution in [2.45, 2.75) is 40.2 Å². The van der Waals surface area contributed by atoms with Crippen LogP contribution in [0.5, 0.6) is 0 Å². The summed E-state index contributed by atoms with van der Waals surface area (Å²) in [5, 5.41) is 3.34. The van der Waals surface area contributed by atoms with Crippen LogP contribution >= 0.6 is 11.3 Å². The van der Waals surface area contributed by atoms with Crippen LogP contribution in [0.3, 0.4) is 0 Å². The Hall–Kier alpha value is -0.380. The van der Waals surface area contributed by atoms with Gasteiger partial charge in [0.05, 0.1) is 13.2 Å². The third kappa shape index (κ3) is 5.10. The Balaban J connectivity index is 2.09. The molecule has 0 unspecified atom stereocenters. The van der Waals surface area contributed by atoms with E-state index in [2.05, 4.69) is 39.1 Å². The fourth-order valence-electron chi connectivity index (χ4n) is 1.62. The summed E-state index contributed by atoms with van der Waals surface area (Å²) in [6, 6.07) is 2.80. The molecule has 16 heavy (non-hydrogen) atoms. The molecule has 0 aliphatic heterocycles. The van der Waals surface area contributed by atoms with Crippen LogP contribution in [0.2, 0.25) is 0 Å². The highest BCUT2D eigenvalue weighted by Crippen LogP contribution is 2.21. The molecule has 0 radical (unpaired) electrons. The average molecular weight is 241 g/mol. The lowest BCUT2D eigenvalue weighted by Gasteiger charge is -2.08. The number of aryl methyl sites for hydroxylation is 2. The number of hydrogen-bond acceptors (Lipinski definition) is 3. The van der Waals surface area contributed by atoms with Crippen molar-refractivity contribution >= 4 is 11.3 Å². The quantitative estimate of drug-likeness (QED) is 0.741. The van der Waals surface area contributed by atoms with Gasteiger partial charge in [0.15, 0.2) is 0 Å². The van der Waals surface area contributed by atoms with Gasteiger partial charge in [0, 0.05) is 28.8 Å². The van der Waals surface area contributed by atoms with E-state index in [1.54, 1.807) is 0 Å². The predicted molar refractivity (Wildman–Crippen MR) is 71.5 cm³/mol. The Labute approximate surface area is 103 Å². The van der Waals surface area contributed by atoms with Gasteiger partial charge in [0.25, 0.3) is 0 Å². The van der Waals surface area contributed by atoms with E-state index in [1.165, 1.54) is 15.3 Å². The minimum absolute atomic E-state index is 0.547. The minimum atomic E-state index is 0.547. The normalized spacial score (nSPS) is 11.3. The number of ether oxygens (including phenoxy) is 1. The number of thiophene rings is 1. The molecule has 0 spiro atoms.